The van der Waals surface area contributed by atoms with E-state index < -0.39 is 0 Å². The highest BCUT2D eigenvalue weighted by molar-refractivity contribution is 7.17. The molecule has 0 saturated carbocycles. The van der Waals surface area contributed by atoms with Gasteiger partial charge < -0.3 is 5.73 Å². The lowest BCUT2D eigenvalue weighted by Gasteiger charge is -2.01. The second-order valence-electron chi connectivity index (χ2n) is 3.47. The summed E-state index contributed by atoms with van der Waals surface area (Å²) in [4.78, 5) is 8.36. The van der Waals surface area contributed by atoms with Crippen molar-refractivity contribution in [3.63, 3.8) is 0 Å². The monoisotopic (exact) mass is 227 g/mol. The predicted molar refractivity (Wildman–Crippen MR) is 67.3 cm³/mol. The van der Waals surface area contributed by atoms with Crippen molar-refractivity contribution in [2.24, 2.45) is 0 Å². The summed E-state index contributed by atoms with van der Waals surface area (Å²) in [6, 6.07) is 8.29. The number of nitrogens with two attached hydrogens (primary N) is 1. The Morgan fingerprint density at radius 1 is 1.06 bits per heavy atom. The van der Waals surface area contributed by atoms with Gasteiger partial charge in [-0.2, -0.15) is 0 Å². The number of anilines is 1. The van der Waals surface area contributed by atoms with Crippen LogP contribution in [0.25, 0.3) is 21.3 Å². The molecule has 78 valence electrons. The number of nitrogen functional groups attached to an aromatic ring is 1. The molecule has 0 radical (unpaired) electrons. The van der Waals surface area contributed by atoms with E-state index >= 15 is 0 Å². The maximum absolute atomic E-state index is 5.53. The van der Waals surface area contributed by atoms with Crippen molar-refractivity contribution < 1.29 is 0 Å². The first-order valence-electron chi connectivity index (χ1n) is 4.89. The van der Waals surface area contributed by atoms with Crippen LogP contribution >= 0.6 is 11.3 Å². The lowest BCUT2D eigenvalue weighted by molar-refractivity contribution is 1.22. The Kier molecular flexibility index (Phi) is 2.08. The highest BCUT2D eigenvalue weighted by Crippen LogP contribution is 2.30. The van der Waals surface area contributed by atoms with E-state index in [0.717, 1.165) is 11.3 Å². The second-order valence-corrected chi connectivity index (χ2v) is 4.39. The lowest BCUT2D eigenvalue weighted by Crippen LogP contribution is -1.92. The zero-order chi connectivity index (χ0) is 11.0. The molecule has 0 amide bonds. The SMILES string of the molecule is Nc1cnc(-c2cccc3ccsc23)cn1. The highest BCUT2D eigenvalue weighted by Gasteiger charge is 2.05. The van der Waals surface area contributed by atoms with Crippen LogP contribution in [0, 0.1) is 0 Å². The van der Waals surface area contributed by atoms with Gasteiger partial charge in [0.05, 0.1) is 18.1 Å². The number of thiophene rings is 1. The maximum Gasteiger partial charge on any atom is 0.141 e. The van der Waals surface area contributed by atoms with Crippen LogP contribution in [0.3, 0.4) is 0 Å². The molecule has 1 aromatic carbocycles. The van der Waals surface area contributed by atoms with E-state index in [9.17, 15) is 0 Å². The standard InChI is InChI=1S/C12H9N3S/c13-11-7-14-10(6-15-11)9-3-1-2-8-4-5-16-12(8)9/h1-7H,(H2,13,15). The average Bonchev–Trinajstić information content (AvgIpc) is 2.78. The van der Waals surface area contributed by atoms with E-state index in [1.54, 1.807) is 23.7 Å². The fourth-order valence-corrected chi connectivity index (χ4v) is 2.59. The van der Waals surface area contributed by atoms with Crippen LogP contribution in [0.4, 0.5) is 5.82 Å². The number of benzene rings is 1. The molecule has 0 spiro atoms. The lowest BCUT2D eigenvalue weighted by atomic mass is 10.1. The zero-order valence-electron chi connectivity index (χ0n) is 8.42. The van der Waals surface area contributed by atoms with E-state index in [2.05, 4.69) is 33.5 Å². The normalized spacial score (nSPS) is 10.8. The number of hydrogen-bond acceptors (Lipinski definition) is 4. The minimum atomic E-state index is 0.446. The van der Waals surface area contributed by atoms with Crippen LogP contribution in [0.2, 0.25) is 0 Å². The molecule has 3 rings (SSSR count). The van der Waals surface area contributed by atoms with Gasteiger partial charge >= 0.3 is 0 Å². The number of aromatic nitrogens is 2. The van der Waals surface area contributed by atoms with E-state index in [0.29, 0.717) is 5.82 Å². The summed E-state index contributed by atoms with van der Waals surface area (Å²) >= 11 is 1.71. The second kappa shape index (κ2) is 3.57. The molecule has 2 heterocycles. The number of nitrogens with zero attached hydrogens (tertiary/aromatic N) is 2. The molecule has 0 fully saturated rings. The quantitative estimate of drug-likeness (QED) is 0.695. The predicted octanol–water partition coefficient (Wildman–Crippen LogP) is 2.94. The smallest absolute Gasteiger partial charge is 0.141 e. The molecule has 0 aliphatic heterocycles. The summed E-state index contributed by atoms with van der Waals surface area (Å²) in [6.45, 7) is 0. The molecule has 16 heavy (non-hydrogen) atoms. The largest absolute Gasteiger partial charge is 0.382 e. The Balaban J connectivity index is 2.25. The fourth-order valence-electron chi connectivity index (χ4n) is 1.67. The molecular weight excluding hydrogens is 218 g/mol. The minimum Gasteiger partial charge on any atom is -0.382 e. The molecule has 4 heteroatoms. The topological polar surface area (TPSA) is 51.8 Å². The van der Waals surface area contributed by atoms with Gasteiger partial charge in [-0.3, -0.25) is 4.98 Å². The Bertz CT molecular complexity index is 628. The summed E-state index contributed by atoms with van der Waals surface area (Å²) in [6.07, 6.45) is 3.30. The van der Waals surface area contributed by atoms with Crippen LogP contribution in [-0.2, 0) is 0 Å². The van der Waals surface area contributed by atoms with Gasteiger partial charge in [0.15, 0.2) is 0 Å². The van der Waals surface area contributed by atoms with E-state index in [-0.39, 0.29) is 0 Å². The van der Waals surface area contributed by atoms with Crippen molar-refractivity contribution in [1.82, 2.24) is 9.97 Å². The molecule has 0 bridgehead atoms. The minimum absolute atomic E-state index is 0.446. The third-order valence-corrected chi connectivity index (χ3v) is 3.39. The molecule has 2 N–H and O–H groups in total. The first-order valence-corrected chi connectivity index (χ1v) is 5.77. The van der Waals surface area contributed by atoms with E-state index in [4.69, 9.17) is 5.73 Å². The van der Waals surface area contributed by atoms with Gasteiger partial charge in [-0.05, 0) is 16.8 Å². The van der Waals surface area contributed by atoms with Gasteiger partial charge in [-0.25, -0.2) is 4.98 Å². The van der Waals surface area contributed by atoms with Crippen molar-refractivity contribution in [1.29, 1.82) is 0 Å². The molecule has 3 aromatic rings. The Morgan fingerprint density at radius 2 is 2.00 bits per heavy atom. The first kappa shape index (κ1) is 9.30. The summed E-state index contributed by atoms with van der Waals surface area (Å²) in [7, 11) is 0. The van der Waals surface area contributed by atoms with E-state index in [1.165, 1.54) is 10.1 Å². The summed E-state index contributed by atoms with van der Waals surface area (Å²) < 4.78 is 1.24. The summed E-state index contributed by atoms with van der Waals surface area (Å²) in [5.74, 6) is 0.446. The highest BCUT2D eigenvalue weighted by atomic mass is 32.1. The van der Waals surface area contributed by atoms with Crippen LogP contribution in [0.1, 0.15) is 0 Å². The summed E-state index contributed by atoms with van der Waals surface area (Å²) in [5.41, 5.74) is 7.50. The maximum atomic E-state index is 5.53. The van der Waals surface area contributed by atoms with E-state index in [1.807, 2.05) is 6.07 Å². The van der Waals surface area contributed by atoms with Gasteiger partial charge in [-0.1, -0.05) is 18.2 Å². The Labute approximate surface area is 96.6 Å². The average molecular weight is 227 g/mol. The third-order valence-electron chi connectivity index (χ3n) is 2.43. The van der Waals surface area contributed by atoms with Gasteiger partial charge in [0.2, 0.25) is 0 Å². The molecule has 0 saturated heterocycles. The third kappa shape index (κ3) is 1.44. The van der Waals surface area contributed by atoms with Crippen LogP contribution in [0.5, 0.6) is 0 Å². The van der Waals surface area contributed by atoms with Crippen LogP contribution in [-0.4, -0.2) is 9.97 Å². The molecule has 3 nitrogen and oxygen atoms in total. The van der Waals surface area contributed by atoms with Crippen LogP contribution < -0.4 is 5.73 Å². The van der Waals surface area contributed by atoms with Gasteiger partial charge in [-0.15, -0.1) is 11.3 Å². The molecule has 0 aliphatic rings. The van der Waals surface area contributed by atoms with Gasteiger partial charge in [0.25, 0.3) is 0 Å². The molecule has 0 unspecified atom stereocenters. The summed E-state index contributed by atoms with van der Waals surface area (Å²) in [5, 5.41) is 3.32. The molecule has 0 atom stereocenters. The van der Waals surface area contributed by atoms with Gasteiger partial charge in [0.1, 0.15) is 5.82 Å². The number of rotatable bonds is 1. The zero-order valence-corrected chi connectivity index (χ0v) is 9.24. The van der Waals surface area contributed by atoms with Crippen molar-refractivity contribution in [2.75, 3.05) is 5.73 Å². The van der Waals surface area contributed by atoms with Gasteiger partial charge in [0, 0.05) is 10.3 Å². The Hall–Kier alpha value is -1.94. The number of hydrogen-bond donors (Lipinski definition) is 1. The van der Waals surface area contributed by atoms with Crippen LogP contribution in [0.15, 0.2) is 42.0 Å². The number of fused-ring (bicyclic) bond motifs is 1. The molecule has 0 aliphatic carbocycles. The van der Waals surface area contributed by atoms with Crippen molar-refractivity contribution >= 4 is 27.2 Å². The van der Waals surface area contributed by atoms with Crippen molar-refractivity contribution in [3.05, 3.63) is 42.0 Å². The fraction of sp³-hybridized carbons (Fsp3) is 0. The van der Waals surface area contributed by atoms with Crippen molar-refractivity contribution in [3.8, 4) is 11.3 Å². The van der Waals surface area contributed by atoms with Crippen molar-refractivity contribution in [2.45, 2.75) is 0 Å². The molecule has 2 aromatic heterocycles. The first-order chi connectivity index (χ1) is 7.84. The Morgan fingerprint density at radius 3 is 2.81 bits per heavy atom. The molecular formula is C12H9N3S.